The van der Waals surface area contributed by atoms with E-state index in [1.54, 1.807) is 6.07 Å². The van der Waals surface area contributed by atoms with Crippen molar-refractivity contribution in [3.8, 4) is 0 Å². The number of benzene rings is 1. The third-order valence-electron chi connectivity index (χ3n) is 5.71. The number of piperazine rings is 1. The van der Waals surface area contributed by atoms with Crippen LogP contribution >= 0.6 is 0 Å². The van der Waals surface area contributed by atoms with Crippen molar-refractivity contribution in [2.75, 3.05) is 36.9 Å². The molecule has 9 nitrogen and oxygen atoms in total. The highest BCUT2D eigenvalue weighted by molar-refractivity contribution is 6.20. The number of barbiturate groups is 1. The van der Waals surface area contributed by atoms with Gasteiger partial charge in [0.2, 0.25) is 17.7 Å². The van der Waals surface area contributed by atoms with Crippen LogP contribution < -0.4 is 25.8 Å². The molecule has 5 amide bonds. The van der Waals surface area contributed by atoms with E-state index in [0.29, 0.717) is 18.8 Å². The lowest BCUT2D eigenvalue weighted by molar-refractivity contribution is -0.883. The maximum absolute atomic E-state index is 12.9. The third-order valence-corrected chi connectivity index (χ3v) is 5.71. The lowest BCUT2D eigenvalue weighted by atomic mass is 9.68. The van der Waals surface area contributed by atoms with Gasteiger partial charge in [0.15, 0.2) is 5.41 Å². The minimum absolute atomic E-state index is 0.176. The fraction of sp³-hybridized carbons (Fsp3) is 0.444. The van der Waals surface area contributed by atoms with Gasteiger partial charge in [-0.05, 0) is 23.8 Å². The average molecular weight is 372 g/mol. The molecule has 3 aliphatic heterocycles. The van der Waals surface area contributed by atoms with Gasteiger partial charge in [-0.1, -0.05) is 0 Å². The maximum atomic E-state index is 12.9. The van der Waals surface area contributed by atoms with Gasteiger partial charge in [-0.2, -0.15) is 0 Å². The smallest absolute Gasteiger partial charge is 0.328 e. The van der Waals surface area contributed by atoms with Crippen molar-refractivity contribution < 1.29 is 24.1 Å². The predicted octanol–water partition coefficient (Wildman–Crippen LogP) is -1.74. The van der Waals surface area contributed by atoms with E-state index in [0.717, 1.165) is 17.8 Å². The second-order valence-electron chi connectivity index (χ2n) is 7.53. The minimum atomic E-state index is -1.38. The molecule has 2 fully saturated rings. The Morgan fingerprint density at radius 2 is 1.96 bits per heavy atom. The van der Waals surface area contributed by atoms with E-state index >= 15 is 0 Å². The Kier molecular flexibility index (Phi) is 3.92. The summed E-state index contributed by atoms with van der Waals surface area (Å²) < 4.78 is 0. The van der Waals surface area contributed by atoms with E-state index in [1.807, 2.05) is 19.2 Å². The Bertz CT molecular complexity index is 847. The summed E-state index contributed by atoms with van der Waals surface area (Å²) in [6.45, 7) is 3.61. The number of carbonyl (C=O) groups is 4. The van der Waals surface area contributed by atoms with Crippen LogP contribution in [-0.2, 0) is 20.8 Å². The van der Waals surface area contributed by atoms with E-state index in [1.165, 1.54) is 11.8 Å². The van der Waals surface area contributed by atoms with E-state index in [2.05, 4.69) is 20.9 Å². The largest absolute Gasteiger partial charge is 0.355 e. The van der Waals surface area contributed by atoms with Crippen molar-refractivity contribution in [2.45, 2.75) is 19.4 Å². The summed E-state index contributed by atoms with van der Waals surface area (Å²) in [4.78, 5) is 52.2. The van der Waals surface area contributed by atoms with Gasteiger partial charge in [0.1, 0.15) is 6.04 Å². The van der Waals surface area contributed by atoms with Gasteiger partial charge in [-0.25, -0.2) is 4.79 Å². The molecule has 1 aromatic rings. The van der Waals surface area contributed by atoms with Crippen molar-refractivity contribution >= 4 is 35.1 Å². The lowest BCUT2D eigenvalue weighted by Gasteiger charge is -2.52. The van der Waals surface area contributed by atoms with Crippen molar-refractivity contribution in [1.82, 2.24) is 10.6 Å². The van der Waals surface area contributed by atoms with E-state index in [-0.39, 0.29) is 18.4 Å². The summed E-state index contributed by atoms with van der Waals surface area (Å²) in [5, 5.41) is 7.30. The van der Waals surface area contributed by atoms with Gasteiger partial charge in [0, 0.05) is 24.7 Å². The molecular weight excluding hydrogens is 350 g/mol. The number of rotatable bonds is 1. The minimum Gasteiger partial charge on any atom is -0.355 e. The molecule has 9 heteroatoms. The Morgan fingerprint density at radius 1 is 1.26 bits per heavy atom. The number of hydrogen-bond acceptors (Lipinski definition) is 5. The number of imide groups is 2. The van der Waals surface area contributed by atoms with Crippen LogP contribution in [0.25, 0.3) is 0 Å². The van der Waals surface area contributed by atoms with Crippen LogP contribution in [0.1, 0.15) is 12.5 Å². The van der Waals surface area contributed by atoms with Crippen molar-refractivity contribution in [1.29, 1.82) is 0 Å². The Hall–Kier alpha value is -2.94. The summed E-state index contributed by atoms with van der Waals surface area (Å²) in [6, 6.07) is 4.42. The molecule has 142 valence electrons. The molecule has 4 N–H and O–H groups in total. The van der Waals surface area contributed by atoms with Crippen molar-refractivity contribution in [3.63, 3.8) is 0 Å². The quantitative estimate of drug-likeness (QED) is 0.437. The summed E-state index contributed by atoms with van der Waals surface area (Å²) >= 11 is 0. The van der Waals surface area contributed by atoms with Crippen LogP contribution in [0.15, 0.2) is 18.2 Å². The number of amides is 5. The molecule has 4 rings (SSSR count). The summed E-state index contributed by atoms with van der Waals surface area (Å²) in [5.41, 5.74) is 1.00. The first-order valence-electron chi connectivity index (χ1n) is 8.96. The second kappa shape index (κ2) is 6.05. The number of quaternary nitrogens is 1. The van der Waals surface area contributed by atoms with Gasteiger partial charge < -0.3 is 15.1 Å². The second-order valence-corrected chi connectivity index (χ2v) is 7.53. The lowest BCUT2D eigenvalue weighted by Crippen LogP contribution is -3.14. The molecule has 2 saturated heterocycles. The van der Waals surface area contributed by atoms with Gasteiger partial charge >= 0.3 is 6.03 Å². The highest BCUT2D eigenvalue weighted by Gasteiger charge is 2.61. The van der Waals surface area contributed by atoms with Crippen LogP contribution in [0.4, 0.5) is 16.2 Å². The highest BCUT2D eigenvalue weighted by atomic mass is 16.2. The number of hydrogen-bond donors (Lipinski definition) is 4. The summed E-state index contributed by atoms with van der Waals surface area (Å²) in [7, 11) is 2.03. The normalized spacial score (nSPS) is 26.0. The molecule has 3 heterocycles. The molecule has 2 atom stereocenters. The molecule has 1 spiro atoms. The first-order chi connectivity index (χ1) is 12.8. The first-order valence-corrected chi connectivity index (χ1v) is 8.96. The molecule has 27 heavy (non-hydrogen) atoms. The Labute approximate surface area is 156 Å². The van der Waals surface area contributed by atoms with Crippen molar-refractivity contribution in [3.05, 3.63) is 23.8 Å². The highest BCUT2D eigenvalue weighted by Crippen LogP contribution is 2.43. The fourth-order valence-electron chi connectivity index (χ4n) is 4.47. The number of fused-ring (bicyclic) bond motifs is 4. The van der Waals surface area contributed by atoms with E-state index in [9.17, 15) is 19.2 Å². The van der Waals surface area contributed by atoms with E-state index < -0.39 is 23.3 Å². The molecule has 0 bridgehead atoms. The number of nitrogens with one attached hydrogen (secondary N) is 4. The van der Waals surface area contributed by atoms with Crippen LogP contribution in [-0.4, -0.2) is 56.5 Å². The van der Waals surface area contributed by atoms with E-state index in [4.69, 9.17) is 0 Å². The monoisotopic (exact) mass is 372 g/mol. The van der Waals surface area contributed by atoms with Gasteiger partial charge in [0.25, 0.3) is 0 Å². The van der Waals surface area contributed by atoms with Crippen LogP contribution in [0.3, 0.4) is 0 Å². The third kappa shape index (κ3) is 2.66. The van der Waals surface area contributed by atoms with Gasteiger partial charge in [0.05, 0.1) is 26.7 Å². The topological polar surface area (TPSA) is 112 Å². The molecule has 3 aliphatic rings. The standard InChI is InChI=1S/C18H21N5O4/c1-10(24)19-12-3-4-13-11(7-12)8-18(14-9-22(2)5-6-23(13)14)15(25)20-17(27)21-16(18)26/h3-4,7,14H,5-6,8-9H2,1-2H3,(H,19,24)(H2,20,21,25,26,27)/p+1/t14-/m1/s1. The molecular formula is C18H22N5O4+. The number of anilines is 2. The zero-order valence-electron chi connectivity index (χ0n) is 15.2. The predicted molar refractivity (Wildman–Crippen MR) is 96.3 cm³/mol. The van der Waals surface area contributed by atoms with Gasteiger partial charge in [-0.3, -0.25) is 25.0 Å². The number of likely N-dealkylation sites (N-methyl/N-ethyl adjacent to an activating group) is 1. The summed E-state index contributed by atoms with van der Waals surface area (Å²) in [5.74, 6) is -1.31. The van der Waals surface area contributed by atoms with Crippen LogP contribution in [0.5, 0.6) is 0 Å². The Morgan fingerprint density at radius 3 is 2.63 bits per heavy atom. The Balaban J connectivity index is 1.83. The molecule has 0 saturated carbocycles. The van der Waals surface area contributed by atoms with Crippen LogP contribution in [0.2, 0.25) is 0 Å². The molecule has 0 aliphatic carbocycles. The number of nitrogens with zero attached hydrogens (tertiary/aromatic N) is 1. The van der Waals surface area contributed by atoms with Crippen molar-refractivity contribution in [2.24, 2.45) is 5.41 Å². The molecule has 1 unspecified atom stereocenters. The fourth-order valence-corrected chi connectivity index (χ4v) is 4.47. The zero-order valence-corrected chi connectivity index (χ0v) is 15.2. The average Bonchev–Trinajstić information content (AvgIpc) is 2.58. The van der Waals surface area contributed by atoms with Crippen LogP contribution in [0, 0.1) is 5.41 Å². The zero-order chi connectivity index (χ0) is 19.3. The molecule has 1 aromatic carbocycles. The van der Waals surface area contributed by atoms with Gasteiger partial charge in [-0.15, -0.1) is 0 Å². The molecule has 0 radical (unpaired) electrons. The molecule has 0 aromatic heterocycles. The first kappa shape index (κ1) is 17.5. The summed E-state index contributed by atoms with van der Waals surface area (Å²) in [6.07, 6.45) is 0.176. The SMILES string of the molecule is CC(=O)Nc1ccc2c(c1)CC1(C(=O)NC(=O)NC1=O)[C@H]1C[NH+](C)CCN21. The number of urea groups is 1. The maximum Gasteiger partial charge on any atom is 0.328 e. The number of carbonyl (C=O) groups excluding carboxylic acids is 4.